The highest BCUT2D eigenvalue weighted by molar-refractivity contribution is 7.26. The number of aryl methyl sites for hydroxylation is 1. The molecule has 0 fully saturated rings. The van der Waals surface area contributed by atoms with E-state index in [1.54, 1.807) is 19.9 Å². The van der Waals surface area contributed by atoms with Crippen molar-refractivity contribution < 1.29 is 31.8 Å². The van der Waals surface area contributed by atoms with Crippen LogP contribution in [0.1, 0.15) is 22.3 Å². The van der Waals surface area contributed by atoms with Crippen molar-refractivity contribution in [3.05, 3.63) is 64.2 Å². The fourth-order valence-corrected chi connectivity index (χ4v) is 5.37. The van der Waals surface area contributed by atoms with Crippen molar-refractivity contribution in [2.24, 2.45) is 0 Å². The first-order valence-corrected chi connectivity index (χ1v) is 10.3. The SMILES string of the molecule is Cc1ccc(-c2ccc3c(sc4c(C(F)(F)F)c5c(cc43)CC(O)O5)c2F)c(F)c1C. The van der Waals surface area contributed by atoms with Crippen molar-refractivity contribution in [3.8, 4) is 16.9 Å². The summed E-state index contributed by atoms with van der Waals surface area (Å²) >= 11 is 0.652. The second-order valence-electron chi connectivity index (χ2n) is 7.67. The number of thiophene rings is 1. The fraction of sp³-hybridized carbons (Fsp3) is 0.217. The summed E-state index contributed by atoms with van der Waals surface area (Å²) in [5, 5.41) is 10.2. The van der Waals surface area contributed by atoms with Gasteiger partial charge in [0, 0.05) is 33.9 Å². The van der Waals surface area contributed by atoms with Crippen molar-refractivity contribution in [1.29, 1.82) is 0 Å². The van der Waals surface area contributed by atoms with E-state index in [1.165, 1.54) is 24.3 Å². The lowest BCUT2D eigenvalue weighted by Gasteiger charge is -2.13. The summed E-state index contributed by atoms with van der Waals surface area (Å²) in [7, 11) is 0. The lowest BCUT2D eigenvalue weighted by Crippen LogP contribution is -2.12. The maximum Gasteiger partial charge on any atom is 0.421 e. The molecular formula is C23H15F5O2S. The molecule has 4 aromatic rings. The van der Waals surface area contributed by atoms with Crippen LogP contribution in [0.2, 0.25) is 0 Å². The second kappa shape index (κ2) is 6.64. The van der Waals surface area contributed by atoms with Gasteiger partial charge in [-0.1, -0.05) is 24.3 Å². The standard InChI is InChI=1S/C23H15F5O2S/c1-9-3-4-12(18(24)10(9)2)13-5-6-14-15-7-11-8-16(29)30-20(11)17(23(26,27)28)21(15)31-22(14)19(13)25/h3-7,16,29H,8H2,1-2H3. The Bertz CT molecular complexity index is 1390. The molecule has 1 aliphatic heterocycles. The Morgan fingerprint density at radius 2 is 1.65 bits per heavy atom. The molecule has 2 nitrogen and oxygen atoms in total. The molecule has 1 atom stereocenters. The van der Waals surface area contributed by atoms with Gasteiger partial charge in [-0.2, -0.15) is 13.2 Å². The number of aliphatic hydroxyl groups excluding tert-OH is 1. The van der Waals surface area contributed by atoms with Crippen molar-refractivity contribution in [2.45, 2.75) is 32.7 Å². The molecule has 1 aliphatic rings. The van der Waals surface area contributed by atoms with E-state index in [2.05, 4.69) is 0 Å². The highest BCUT2D eigenvalue weighted by atomic mass is 32.1. The molecule has 5 rings (SSSR count). The minimum absolute atomic E-state index is 0.00701. The normalized spacial score (nSPS) is 16.2. The van der Waals surface area contributed by atoms with Gasteiger partial charge in [-0.15, -0.1) is 11.3 Å². The number of aliphatic hydroxyl groups is 1. The van der Waals surface area contributed by atoms with E-state index in [0.717, 1.165) is 5.56 Å². The molecule has 0 bridgehead atoms. The van der Waals surface area contributed by atoms with Gasteiger partial charge in [-0.05, 0) is 31.0 Å². The topological polar surface area (TPSA) is 29.5 Å². The van der Waals surface area contributed by atoms with Gasteiger partial charge in [0.1, 0.15) is 22.9 Å². The van der Waals surface area contributed by atoms with Gasteiger partial charge in [-0.3, -0.25) is 0 Å². The van der Waals surface area contributed by atoms with Gasteiger partial charge in [-0.25, -0.2) is 8.78 Å². The largest absolute Gasteiger partial charge is 0.464 e. The highest BCUT2D eigenvalue weighted by Gasteiger charge is 2.41. The summed E-state index contributed by atoms with van der Waals surface area (Å²) in [6, 6.07) is 7.56. The summed E-state index contributed by atoms with van der Waals surface area (Å²) in [5.41, 5.74) is 0.362. The van der Waals surface area contributed by atoms with Crippen molar-refractivity contribution in [1.82, 2.24) is 0 Å². The Morgan fingerprint density at radius 1 is 0.968 bits per heavy atom. The third-order valence-corrected chi connectivity index (χ3v) is 7.01. The quantitative estimate of drug-likeness (QED) is 0.320. The van der Waals surface area contributed by atoms with Crippen LogP contribution in [0.15, 0.2) is 30.3 Å². The van der Waals surface area contributed by atoms with Gasteiger partial charge < -0.3 is 9.84 Å². The minimum Gasteiger partial charge on any atom is -0.464 e. The van der Waals surface area contributed by atoms with Crippen molar-refractivity contribution in [3.63, 3.8) is 0 Å². The molecule has 0 aliphatic carbocycles. The maximum absolute atomic E-state index is 15.5. The van der Waals surface area contributed by atoms with Crippen LogP contribution >= 0.6 is 11.3 Å². The molecule has 0 amide bonds. The van der Waals surface area contributed by atoms with Gasteiger partial charge in [0.25, 0.3) is 0 Å². The number of benzene rings is 3. The van der Waals surface area contributed by atoms with Crippen LogP contribution < -0.4 is 4.74 Å². The van der Waals surface area contributed by atoms with Crippen LogP contribution in [0.4, 0.5) is 22.0 Å². The number of fused-ring (bicyclic) bond motifs is 4. The Kier molecular flexibility index (Phi) is 4.33. The van der Waals surface area contributed by atoms with Crippen LogP contribution in [-0.4, -0.2) is 11.4 Å². The van der Waals surface area contributed by atoms with Gasteiger partial charge >= 0.3 is 6.18 Å². The summed E-state index contributed by atoms with van der Waals surface area (Å²) < 4.78 is 76.9. The Labute approximate surface area is 177 Å². The van der Waals surface area contributed by atoms with Gasteiger partial charge in [0.05, 0.1) is 9.40 Å². The van der Waals surface area contributed by atoms with Crippen LogP contribution in [0.3, 0.4) is 0 Å². The fourth-order valence-electron chi connectivity index (χ4n) is 4.09. The molecule has 0 saturated carbocycles. The predicted octanol–water partition coefficient (Wildman–Crippen LogP) is 6.89. The summed E-state index contributed by atoms with van der Waals surface area (Å²) in [6.07, 6.45) is -6.19. The lowest BCUT2D eigenvalue weighted by molar-refractivity contribution is -0.138. The van der Waals surface area contributed by atoms with Crippen LogP contribution in [0, 0.1) is 25.5 Å². The Hall–Kier alpha value is -2.71. The van der Waals surface area contributed by atoms with E-state index in [1.807, 2.05) is 0 Å². The lowest BCUT2D eigenvalue weighted by atomic mass is 9.97. The van der Waals surface area contributed by atoms with E-state index in [-0.39, 0.29) is 37.9 Å². The second-order valence-corrected chi connectivity index (χ2v) is 8.69. The molecule has 0 radical (unpaired) electrons. The number of hydrogen-bond acceptors (Lipinski definition) is 3. The molecule has 8 heteroatoms. The van der Waals surface area contributed by atoms with Gasteiger partial charge in [0.15, 0.2) is 0 Å². The first-order chi connectivity index (χ1) is 14.6. The number of alkyl halides is 3. The van der Waals surface area contributed by atoms with E-state index in [4.69, 9.17) is 4.74 Å². The number of halogens is 5. The van der Waals surface area contributed by atoms with Crippen LogP contribution in [-0.2, 0) is 12.6 Å². The Morgan fingerprint density at radius 3 is 2.35 bits per heavy atom. The first-order valence-electron chi connectivity index (χ1n) is 9.46. The number of hydrogen-bond donors (Lipinski definition) is 1. The predicted molar refractivity (Wildman–Crippen MR) is 109 cm³/mol. The average molecular weight is 450 g/mol. The van der Waals surface area contributed by atoms with Crippen LogP contribution in [0.25, 0.3) is 31.3 Å². The molecular weight excluding hydrogens is 435 g/mol. The zero-order valence-electron chi connectivity index (χ0n) is 16.3. The molecule has 1 N–H and O–H groups in total. The monoisotopic (exact) mass is 450 g/mol. The summed E-state index contributed by atoms with van der Waals surface area (Å²) in [6.45, 7) is 3.33. The van der Waals surface area contributed by atoms with E-state index < -0.39 is 35.4 Å². The zero-order chi connectivity index (χ0) is 22.2. The van der Waals surface area contributed by atoms with E-state index in [9.17, 15) is 22.7 Å². The van der Waals surface area contributed by atoms with E-state index in [0.29, 0.717) is 22.3 Å². The number of ether oxygens (including phenoxy) is 1. The molecule has 31 heavy (non-hydrogen) atoms. The van der Waals surface area contributed by atoms with E-state index >= 15 is 4.39 Å². The highest BCUT2D eigenvalue weighted by Crippen LogP contribution is 2.51. The molecule has 0 spiro atoms. The summed E-state index contributed by atoms with van der Waals surface area (Å²) in [4.78, 5) is 0. The molecule has 1 unspecified atom stereocenters. The molecule has 1 aromatic heterocycles. The summed E-state index contributed by atoms with van der Waals surface area (Å²) in [5.74, 6) is -1.74. The third-order valence-electron chi connectivity index (χ3n) is 5.78. The molecule has 0 saturated heterocycles. The van der Waals surface area contributed by atoms with Crippen molar-refractivity contribution >= 4 is 31.5 Å². The molecule has 3 aromatic carbocycles. The molecule has 160 valence electrons. The van der Waals surface area contributed by atoms with Gasteiger partial charge in [0.2, 0.25) is 6.29 Å². The maximum atomic E-state index is 15.5. The minimum atomic E-state index is -4.76. The first kappa shape index (κ1) is 20.2. The number of rotatable bonds is 1. The van der Waals surface area contributed by atoms with Crippen molar-refractivity contribution in [2.75, 3.05) is 0 Å². The molecule has 2 heterocycles. The zero-order valence-corrected chi connectivity index (χ0v) is 17.1. The van der Waals surface area contributed by atoms with Crippen LogP contribution in [0.5, 0.6) is 5.75 Å². The average Bonchev–Trinajstić information content (AvgIpc) is 3.24. The third kappa shape index (κ3) is 2.92. The Balaban J connectivity index is 1.83. The smallest absolute Gasteiger partial charge is 0.421 e.